The monoisotopic (exact) mass is 154 g/mol. The Labute approximate surface area is 63.2 Å². The minimum Gasteiger partial charge on any atom is -0.780 e. The highest BCUT2D eigenvalue weighted by Crippen LogP contribution is 2.10. The van der Waals surface area contributed by atoms with Crippen LogP contribution in [0.5, 0.6) is 0 Å². The summed E-state index contributed by atoms with van der Waals surface area (Å²) < 4.78 is 0. The third kappa shape index (κ3) is 1.41. The first-order valence-electron chi connectivity index (χ1n) is 2.61. The van der Waals surface area contributed by atoms with Gasteiger partial charge in [-0.05, 0) is 0 Å². The number of nitro benzene ring substituents is 1. The molecule has 0 amide bonds. The lowest BCUT2D eigenvalue weighted by Crippen LogP contribution is -1.86. The van der Waals surface area contributed by atoms with Crippen LogP contribution in [0.1, 0.15) is 0 Å². The topological polar surface area (TPSA) is 43.1 Å². The van der Waals surface area contributed by atoms with Crippen LogP contribution in [-0.2, 0) is 12.6 Å². The standard InChI is InChI=1S/C6H5NO2S/c8-7(9)5-1-3-6(10)4-2-5/h1-4,10H/p-1. The molecular formula is C6H4NO2S-. The van der Waals surface area contributed by atoms with E-state index >= 15 is 0 Å². The number of rotatable bonds is 1. The summed E-state index contributed by atoms with van der Waals surface area (Å²) in [5.74, 6) is 0. The molecule has 0 heterocycles. The van der Waals surface area contributed by atoms with Crippen molar-refractivity contribution in [1.29, 1.82) is 0 Å². The summed E-state index contributed by atoms with van der Waals surface area (Å²) >= 11 is 4.74. The molecular weight excluding hydrogens is 150 g/mol. The van der Waals surface area contributed by atoms with E-state index in [1.54, 1.807) is 0 Å². The van der Waals surface area contributed by atoms with Crippen LogP contribution < -0.4 is 0 Å². The molecule has 0 atom stereocenters. The van der Waals surface area contributed by atoms with Crippen LogP contribution in [0.4, 0.5) is 5.69 Å². The molecule has 0 bridgehead atoms. The fraction of sp³-hybridized carbons (Fsp3) is 0. The molecule has 0 N–H and O–H groups in total. The predicted molar refractivity (Wildman–Crippen MR) is 38.7 cm³/mol. The van der Waals surface area contributed by atoms with Crippen molar-refractivity contribution in [3.63, 3.8) is 0 Å². The third-order valence-electron chi connectivity index (χ3n) is 1.05. The molecule has 0 radical (unpaired) electrons. The molecule has 0 aliphatic carbocycles. The molecule has 0 aromatic heterocycles. The first-order valence-corrected chi connectivity index (χ1v) is 3.02. The Morgan fingerprint density at radius 3 is 2.20 bits per heavy atom. The zero-order valence-corrected chi connectivity index (χ0v) is 5.80. The summed E-state index contributed by atoms with van der Waals surface area (Å²) in [6.07, 6.45) is 0. The molecule has 52 valence electrons. The highest BCUT2D eigenvalue weighted by atomic mass is 32.1. The first-order chi connectivity index (χ1) is 4.70. The van der Waals surface area contributed by atoms with Crippen LogP contribution in [0.2, 0.25) is 0 Å². The number of benzene rings is 1. The van der Waals surface area contributed by atoms with Crippen LogP contribution >= 0.6 is 0 Å². The van der Waals surface area contributed by atoms with E-state index in [4.69, 9.17) is 12.6 Å². The molecule has 0 fully saturated rings. The molecule has 1 rings (SSSR count). The average Bonchev–Trinajstić information content (AvgIpc) is 1.88. The van der Waals surface area contributed by atoms with Crippen molar-refractivity contribution in [3.05, 3.63) is 34.4 Å². The summed E-state index contributed by atoms with van der Waals surface area (Å²) in [4.78, 5) is 10.3. The third-order valence-corrected chi connectivity index (χ3v) is 1.32. The van der Waals surface area contributed by atoms with Crippen LogP contribution in [-0.4, -0.2) is 4.92 Å². The Morgan fingerprint density at radius 1 is 1.30 bits per heavy atom. The van der Waals surface area contributed by atoms with Gasteiger partial charge in [-0.3, -0.25) is 10.1 Å². The van der Waals surface area contributed by atoms with Gasteiger partial charge in [0.1, 0.15) is 0 Å². The zero-order valence-electron chi connectivity index (χ0n) is 4.98. The van der Waals surface area contributed by atoms with Crippen LogP contribution in [0.15, 0.2) is 29.2 Å². The van der Waals surface area contributed by atoms with Gasteiger partial charge < -0.3 is 12.6 Å². The lowest BCUT2D eigenvalue weighted by Gasteiger charge is -2.00. The van der Waals surface area contributed by atoms with Crippen LogP contribution in [0.3, 0.4) is 0 Å². The van der Waals surface area contributed by atoms with E-state index in [0.29, 0.717) is 4.90 Å². The normalized spacial score (nSPS) is 9.20. The quantitative estimate of drug-likeness (QED) is 0.349. The highest BCUT2D eigenvalue weighted by molar-refractivity contribution is 7.58. The van der Waals surface area contributed by atoms with Gasteiger partial charge in [0.05, 0.1) is 4.92 Å². The maximum Gasteiger partial charge on any atom is 0.269 e. The fourth-order valence-corrected chi connectivity index (χ4v) is 0.704. The largest absolute Gasteiger partial charge is 0.780 e. The van der Waals surface area contributed by atoms with Crippen molar-refractivity contribution in [2.24, 2.45) is 0 Å². The van der Waals surface area contributed by atoms with Gasteiger partial charge in [-0.15, -0.1) is 0 Å². The number of non-ortho nitro benzene ring substituents is 1. The molecule has 0 saturated carbocycles. The van der Waals surface area contributed by atoms with E-state index in [1.807, 2.05) is 0 Å². The number of hydrogen-bond donors (Lipinski definition) is 0. The fourth-order valence-electron chi connectivity index (χ4n) is 0.568. The number of hydrogen-bond acceptors (Lipinski definition) is 3. The van der Waals surface area contributed by atoms with Gasteiger partial charge in [0, 0.05) is 12.1 Å². The van der Waals surface area contributed by atoms with Crippen LogP contribution in [0, 0.1) is 10.1 Å². The van der Waals surface area contributed by atoms with Crippen LogP contribution in [0.25, 0.3) is 0 Å². The molecule has 4 heteroatoms. The van der Waals surface area contributed by atoms with Gasteiger partial charge >= 0.3 is 0 Å². The molecule has 3 nitrogen and oxygen atoms in total. The van der Waals surface area contributed by atoms with E-state index in [9.17, 15) is 10.1 Å². The van der Waals surface area contributed by atoms with Crippen molar-refractivity contribution >= 4 is 18.3 Å². The van der Waals surface area contributed by atoms with Crippen molar-refractivity contribution in [2.45, 2.75) is 4.90 Å². The predicted octanol–water partition coefficient (Wildman–Crippen LogP) is 1.50. The van der Waals surface area contributed by atoms with Gasteiger partial charge in [-0.2, -0.15) is 4.90 Å². The molecule has 0 aliphatic heterocycles. The maximum absolute atomic E-state index is 10.1. The van der Waals surface area contributed by atoms with Gasteiger partial charge in [0.25, 0.3) is 5.69 Å². The van der Waals surface area contributed by atoms with Gasteiger partial charge in [0.2, 0.25) is 0 Å². The molecule has 0 aliphatic rings. The number of nitro groups is 1. The van der Waals surface area contributed by atoms with Crippen molar-refractivity contribution in [2.75, 3.05) is 0 Å². The molecule has 1 aromatic carbocycles. The minimum atomic E-state index is -0.450. The minimum absolute atomic E-state index is 0.0774. The second-order valence-corrected chi connectivity index (χ2v) is 2.22. The zero-order chi connectivity index (χ0) is 7.56. The Kier molecular flexibility index (Phi) is 1.82. The second-order valence-electron chi connectivity index (χ2n) is 1.75. The van der Waals surface area contributed by atoms with E-state index < -0.39 is 4.92 Å². The lowest BCUT2D eigenvalue weighted by atomic mass is 10.3. The van der Waals surface area contributed by atoms with Crippen molar-refractivity contribution in [3.8, 4) is 0 Å². The number of nitrogens with zero attached hydrogens (tertiary/aromatic N) is 1. The first kappa shape index (κ1) is 6.95. The second kappa shape index (κ2) is 2.62. The Morgan fingerprint density at radius 2 is 1.80 bits per heavy atom. The van der Waals surface area contributed by atoms with Gasteiger partial charge in [-0.1, -0.05) is 12.1 Å². The lowest BCUT2D eigenvalue weighted by molar-refractivity contribution is -0.384. The summed E-state index contributed by atoms with van der Waals surface area (Å²) in [6.45, 7) is 0. The Bertz CT molecular complexity index is 244. The van der Waals surface area contributed by atoms with E-state index in [1.165, 1.54) is 24.3 Å². The Hall–Kier alpha value is -1.16. The Balaban J connectivity index is 3.00. The molecule has 0 saturated heterocycles. The summed E-state index contributed by atoms with van der Waals surface area (Å²) in [6, 6.07) is 5.85. The molecule has 0 unspecified atom stereocenters. The maximum atomic E-state index is 10.1. The molecule has 10 heavy (non-hydrogen) atoms. The summed E-state index contributed by atoms with van der Waals surface area (Å²) in [7, 11) is 0. The van der Waals surface area contributed by atoms with Gasteiger partial charge in [0.15, 0.2) is 0 Å². The van der Waals surface area contributed by atoms with E-state index in [0.717, 1.165) is 0 Å². The summed E-state index contributed by atoms with van der Waals surface area (Å²) in [5, 5.41) is 10.1. The highest BCUT2D eigenvalue weighted by Gasteiger charge is 1.99. The smallest absolute Gasteiger partial charge is 0.269 e. The van der Waals surface area contributed by atoms with Crippen molar-refractivity contribution < 1.29 is 4.92 Å². The molecule has 1 aromatic rings. The van der Waals surface area contributed by atoms with E-state index in [2.05, 4.69) is 0 Å². The average molecular weight is 154 g/mol. The van der Waals surface area contributed by atoms with Crippen molar-refractivity contribution in [1.82, 2.24) is 0 Å². The summed E-state index contributed by atoms with van der Waals surface area (Å²) in [5.41, 5.74) is 0.0774. The van der Waals surface area contributed by atoms with Gasteiger partial charge in [-0.25, -0.2) is 0 Å². The molecule has 0 spiro atoms. The SMILES string of the molecule is O=[N+]([O-])c1ccc([S-])cc1. The van der Waals surface area contributed by atoms with E-state index in [-0.39, 0.29) is 5.69 Å².